The van der Waals surface area contributed by atoms with Gasteiger partial charge in [-0.05, 0) is 25.5 Å². The lowest BCUT2D eigenvalue weighted by Gasteiger charge is -2.18. The van der Waals surface area contributed by atoms with Crippen molar-refractivity contribution in [2.24, 2.45) is 0 Å². The maximum atomic E-state index is 13.4. The van der Waals surface area contributed by atoms with Crippen molar-refractivity contribution in [2.75, 3.05) is 13.1 Å². The highest BCUT2D eigenvalue weighted by atomic mass is 19.1. The summed E-state index contributed by atoms with van der Waals surface area (Å²) in [4.78, 5) is 0. The van der Waals surface area contributed by atoms with Crippen molar-refractivity contribution in [1.82, 2.24) is 5.32 Å². The molecule has 0 aliphatic heterocycles. The monoisotopic (exact) mass is 253 g/mol. The van der Waals surface area contributed by atoms with E-state index in [1.54, 1.807) is 12.1 Å². The summed E-state index contributed by atoms with van der Waals surface area (Å²) in [6.45, 7) is 6.48. The van der Waals surface area contributed by atoms with Gasteiger partial charge in [-0.3, -0.25) is 0 Å². The number of benzene rings is 1. The zero-order valence-corrected chi connectivity index (χ0v) is 11.4. The van der Waals surface area contributed by atoms with E-state index in [-0.39, 0.29) is 11.9 Å². The molecule has 0 aromatic heterocycles. The molecule has 0 heterocycles. The molecule has 1 N–H and O–H groups in total. The van der Waals surface area contributed by atoms with E-state index in [0.717, 1.165) is 32.4 Å². The van der Waals surface area contributed by atoms with Crippen LogP contribution >= 0.6 is 0 Å². The minimum absolute atomic E-state index is 0.168. The Morgan fingerprint density at radius 3 is 2.67 bits per heavy atom. The van der Waals surface area contributed by atoms with Gasteiger partial charge in [-0.1, -0.05) is 38.5 Å². The van der Waals surface area contributed by atoms with Crippen LogP contribution in [-0.4, -0.2) is 19.2 Å². The molecule has 1 rings (SSSR count). The van der Waals surface area contributed by atoms with E-state index in [9.17, 15) is 4.39 Å². The number of hydrogen-bond acceptors (Lipinski definition) is 2. The van der Waals surface area contributed by atoms with Gasteiger partial charge in [-0.25, -0.2) is 4.39 Å². The molecule has 102 valence electrons. The molecule has 0 saturated carbocycles. The number of ether oxygens (including phenoxy) is 1. The molecular weight excluding hydrogens is 229 g/mol. The Balaban J connectivity index is 2.39. The van der Waals surface area contributed by atoms with E-state index in [4.69, 9.17) is 4.74 Å². The molecule has 3 heteroatoms. The van der Waals surface area contributed by atoms with Crippen molar-refractivity contribution < 1.29 is 9.13 Å². The summed E-state index contributed by atoms with van der Waals surface area (Å²) >= 11 is 0. The number of halogens is 1. The topological polar surface area (TPSA) is 21.3 Å². The zero-order valence-electron chi connectivity index (χ0n) is 11.4. The van der Waals surface area contributed by atoms with Crippen LogP contribution in [0, 0.1) is 5.82 Å². The molecule has 18 heavy (non-hydrogen) atoms. The Hall–Kier alpha value is -0.930. The SMILES string of the molecule is CCCNCC(CCC)OCc1ccccc1F. The molecule has 0 saturated heterocycles. The van der Waals surface area contributed by atoms with Gasteiger partial charge in [-0.2, -0.15) is 0 Å². The van der Waals surface area contributed by atoms with Crippen molar-refractivity contribution in [2.45, 2.75) is 45.8 Å². The van der Waals surface area contributed by atoms with Crippen LogP contribution in [0.15, 0.2) is 24.3 Å². The van der Waals surface area contributed by atoms with Crippen molar-refractivity contribution in [3.63, 3.8) is 0 Å². The average molecular weight is 253 g/mol. The standard InChI is InChI=1S/C15H24FNO/c1-3-7-14(11-17-10-4-2)18-12-13-8-5-6-9-15(13)16/h5-6,8-9,14,17H,3-4,7,10-12H2,1-2H3. The van der Waals surface area contributed by atoms with E-state index in [0.29, 0.717) is 12.2 Å². The third kappa shape index (κ3) is 5.61. The van der Waals surface area contributed by atoms with Crippen LogP contribution in [0.4, 0.5) is 4.39 Å². The van der Waals surface area contributed by atoms with Crippen LogP contribution in [0.25, 0.3) is 0 Å². The summed E-state index contributed by atoms with van der Waals surface area (Å²) in [5.74, 6) is -0.186. The maximum absolute atomic E-state index is 13.4. The second-order valence-electron chi connectivity index (χ2n) is 4.52. The summed E-state index contributed by atoms with van der Waals surface area (Å²) in [5, 5.41) is 3.35. The lowest BCUT2D eigenvalue weighted by atomic mass is 10.2. The van der Waals surface area contributed by atoms with E-state index in [1.807, 2.05) is 6.07 Å². The van der Waals surface area contributed by atoms with E-state index >= 15 is 0 Å². The number of rotatable bonds is 9. The van der Waals surface area contributed by atoms with Gasteiger partial charge in [0, 0.05) is 12.1 Å². The Bertz CT molecular complexity index is 330. The molecule has 1 aromatic rings. The second kappa shape index (κ2) is 9.06. The first-order valence-electron chi connectivity index (χ1n) is 6.83. The number of hydrogen-bond donors (Lipinski definition) is 1. The van der Waals surface area contributed by atoms with Gasteiger partial charge in [-0.15, -0.1) is 0 Å². The summed E-state index contributed by atoms with van der Waals surface area (Å²) < 4.78 is 19.2. The molecule has 0 spiro atoms. The van der Waals surface area contributed by atoms with Gasteiger partial charge in [0.05, 0.1) is 12.7 Å². The zero-order chi connectivity index (χ0) is 13.2. The lowest BCUT2D eigenvalue weighted by molar-refractivity contribution is 0.0335. The van der Waals surface area contributed by atoms with Crippen LogP contribution in [-0.2, 0) is 11.3 Å². The van der Waals surface area contributed by atoms with E-state index < -0.39 is 0 Å². The third-order valence-corrected chi connectivity index (χ3v) is 2.84. The molecule has 0 aliphatic carbocycles. The van der Waals surface area contributed by atoms with E-state index in [2.05, 4.69) is 19.2 Å². The second-order valence-corrected chi connectivity index (χ2v) is 4.52. The Labute approximate surface area is 110 Å². The van der Waals surface area contributed by atoms with Gasteiger partial charge in [0.25, 0.3) is 0 Å². The summed E-state index contributed by atoms with van der Waals surface area (Å²) in [5.41, 5.74) is 0.633. The fraction of sp³-hybridized carbons (Fsp3) is 0.600. The summed E-state index contributed by atoms with van der Waals surface area (Å²) in [6, 6.07) is 6.79. The van der Waals surface area contributed by atoms with Crippen molar-refractivity contribution in [3.05, 3.63) is 35.6 Å². The predicted octanol–water partition coefficient (Wildman–Crippen LogP) is 3.51. The predicted molar refractivity (Wildman–Crippen MR) is 73.0 cm³/mol. The van der Waals surface area contributed by atoms with Crippen molar-refractivity contribution in [3.8, 4) is 0 Å². The van der Waals surface area contributed by atoms with Crippen LogP contribution in [0.2, 0.25) is 0 Å². The fourth-order valence-electron chi connectivity index (χ4n) is 1.83. The Morgan fingerprint density at radius 1 is 1.22 bits per heavy atom. The molecular formula is C15H24FNO. The van der Waals surface area contributed by atoms with Crippen LogP contribution in [0.5, 0.6) is 0 Å². The molecule has 1 unspecified atom stereocenters. The van der Waals surface area contributed by atoms with Gasteiger partial charge >= 0.3 is 0 Å². The largest absolute Gasteiger partial charge is 0.372 e. The first-order chi connectivity index (χ1) is 8.77. The molecule has 2 nitrogen and oxygen atoms in total. The van der Waals surface area contributed by atoms with Crippen molar-refractivity contribution >= 4 is 0 Å². The normalized spacial score (nSPS) is 12.6. The smallest absolute Gasteiger partial charge is 0.128 e. The number of nitrogens with one attached hydrogen (secondary N) is 1. The molecule has 1 aromatic carbocycles. The molecule has 0 bridgehead atoms. The van der Waals surface area contributed by atoms with Crippen LogP contribution < -0.4 is 5.32 Å². The average Bonchev–Trinajstić information content (AvgIpc) is 2.38. The summed E-state index contributed by atoms with van der Waals surface area (Å²) in [7, 11) is 0. The van der Waals surface area contributed by atoms with Gasteiger partial charge in [0.2, 0.25) is 0 Å². The summed E-state index contributed by atoms with van der Waals surface area (Å²) in [6.07, 6.45) is 3.37. The highest BCUT2D eigenvalue weighted by molar-refractivity contribution is 5.16. The highest BCUT2D eigenvalue weighted by Crippen LogP contribution is 2.11. The first-order valence-corrected chi connectivity index (χ1v) is 6.83. The Kier molecular flexibility index (Phi) is 7.62. The van der Waals surface area contributed by atoms with Crippen molar-refractivity contribution in [1.29, 1.82) is 0 Å². The fourth-order valence-corrected chi connectivity index (χ4v) is 1.83. The van der Waals surface area contributed by atoms with E-state index in [1.165, 1.54) is 6.07 Å². The molecule has 0 amide bonds. The minimum Gasteiger partial charge on any atom is -0.372 e. The lowest BCUT2D eigenvalue weighted by Crippen LogP contribution is -2.29. The van der Waals surface area contributed by atoms with Crippen LogP contribution in [0.1, 0.15) is 38.7 Å². The molecule has 0 aliphatic rings. The molecule has 0 radical (unpaired) electrons. The molecule has 1 atom stereocenters. The first kappa shape index (κ1) is 15.1. The minimum atomic E-state index is -0.186. The van der Waals surface area contributed by atoms with Gasteiger partial charge < -0.3 is 10.1 Å². The maximum Gasteiger partial charge on any atom is 0.128 e. The quantitative estimate of drug-likeness (QED) is 0.680. The molecule has 0 fully saturated rings. The van der Waals surface area contributed by atoms with Gasteiger partial charge in [0.15, 0.2) is 0 Å². The third-order valence-electron chi connectivity index (χ3n) is 2.84. The van der Waals surface area contributed by atoms with Crippen LogP contribution in [0.3, 0.4) is 0 Å². The highest BCUT2D eigenvalue weighted by Gasteiger charge is 2.09. The Morgan fingerprint density at radius 2 is 2.00 bits per heavy atom. The van der Waals surface area contributed by atoms with Gasteiger partial charge in [0.1, 0.15) is 5.82 Å².